The number of rotatable bonds is 8. The fourth-order valence-corrected chi connectivity index (χ4v) is 2.76. The average Bonchev–Trinajstić information content (AvgIpc) is 2.76. The molecule has 0 aromatic rings. The van der Waals surface area contributed by atoms with Crippen LogP contribution in [-0.2, 0) is 0 Å². The van der Waals surface area contributed by atoms with Crippen molar-refractivity contribution in [3.8, 4) is 0 Å². The molecule has 16 heavy (non-hydrogen) atoms. The average molecular weight is 227 g/mol. The van der Waals surface area contributed by atoms with Gasteiger partial charge in [0, 0.05) is 6.54 Å². The van der Waals surface area contributed by atoms with Gasteiger partial charge in [0.15, 0.2) is 0 Å². The molecule has 1 rings (SSSR count). The molecule has 1 atom stereocenters. The first-order valence-corrected chi connectivity index (χ1v) is 7.16. The summed E-state index contributed by atoms with van der Waals surface area (Å²) in [4.78, 5) is 2.39. The van der Waals surface area contributed by atoms with Crippen LogP contribution in [0.15, 0.2) is 0 Å². The Morgan fingerprint density at radius 3 is 2.50 bits per heavy atom. The maximum atomic E-state index is 10.1. The molecular weight excluding hydrogens is 198 g/mol. The highest BCUT2D eigenvalue weighted by molar-refractivity contribution is 4.73. The third-order valence-corrected chi connectivity index (χ3v) is 3.82. The predicted octanol–water partition coefficient (Wildman–Crippen LogP) is 3.05. The Morgan fingerprint density at radius 1 is 1.25 bits per heavy atom. The lowest BCUT2D eigenvalue weighted by Gasteiger charge is -2.24. The quantitative estimate of drug-likeness (QED) is 0.689. The second kappa shape index (κ2) is 8.08. The summed E-state index contributed by atoms with van der Waals surface area (Å²) < 4.78 is 0. The first kappa shape index (κ1) is 14.0. The highest BCUT2D eigenvalue weighted by Crippen LogP contribution is 2.28. The zero-order valence-electron chi connectivity index (χ0n) is 11.1. The van der Waals surface area contributed by atoms with E-state index in [0.717, 1.165) is 32.0 Å². The van der Waals surface area contributed by atoms with Crippen molar-refractivity contribution in [2.75, 3.05) is 19.6 Å². The van der Waals surface area contributed by atoms with Gasteiger partial charge < -0.3 is 10.0 Å². The summed E-state index contributed by atoms with van der Waals surface area (Å²) >= 11 is 0. The molecule has 2 nitrogen and oxygen atoms in total. The summed E-state index contributed by atoms with van der Waals surface area (Å²) in [5.41, 5.74) is 0. The van der Waals surface area contributed by atoms with Gasteiger partial charge in [-0.25, -0.2) is 0 Å². The van der Waals surface area contributed by atoms with E-state index < -0.39 is 0 Å². The van der Waals surface area contributed by atoms with Crippen LogP contribution in [0.3, 0.4) is 0 Å². The van der Waals surface area contributed by atoms with E-state index in [-0.39, 0.29) is 6.10 Å². The van der Waals surface area contributed by atoms with Crippen molar-refractivity contribution >= 4 is 0 Å². The Bertz CT molecular complexity index is 166. The first-order valence-electron chi connectivity index (χ1n) is 7.16. The van der Waals surface area contributed by atoms with Gasteiger partial charge in [0.2, 0.25) is 0 Å². The van der Waals surface area contributed by atoms with Gasteiger partial charge in [-0.3, -0.25) is 0 Å². The summed E-state index contributed by atoms with van der Waals surface area (Å²) in [6.45, 7) is 7.52. The Hall–Kier alpha value is -0.0800. The minimum atomic E-state index is -0.0973. The molecule has 96 valence electrons. The second-order valence-corrected chi connectivity index (χ2v) is 5.29. The van der Waals surface area contributed by atoms with Crippen molar-refractivity contribution in [1.82, 2.24) is 4.90 Å². The lowest BCUT2D eigenvalue weighted by Crippen LogP contribution is -2.34. The third kappa shape index (κ3) is 5.31. The molecule has 1 N–H and O–H groups in total. The minimum absolute atomic E-state index is 0.0973. The van der Waals surface area contributed by atoms with Gasteiger partial charge in [0.05, 0.1) is 6.10 Å². The molecule has 1 fully saturated rings. The van der Waals surface area contributed by atoms with Crippen molar-refractivity contribution in [2.45, 2.75) is 64.9 Å². The van der Waals surface area contributed by atoms with Crippen LogP contribution in [-0.4, -0.2) is 35.7 Å². The fraction of sp³-hybridized carbons (Fsp3) is 1.00. The van der Waals surface area contributed by atoms with E-state index in [9.17, 15) is 5.11 Å². The molecule has 0 aliphatic heterocycles. The summed E-state index contributed by atoms with van der Waals surface area (Å²) in [6, 6.07) is 0. The molecule has 0 aromatic heterocycles. The van der Waals surface area contributed by atoms with Crippen LogP contribution in [0.1, 0.15) is 58.8 Å². The molecule has 1 unspecified atom stereocenters. The number of aliphatic hydroxyl groups is 1. The van der Waals surface area contributed by atoms with Crippen LogP contribution in [0.4, 0.5) is 0 Å². The predicted molar refractivity (Wildman–Crippen MR) is 69.6 cm³/mol. The van der Waals surface area contributed by atoms with E-state index in [2.05, 4.69) is 18.7 Å². The SMILES string of the molecule is CCCCN(CC)CC(O)CC1CCCC1. The van der Waals surface area contributed by atoms with Crippen LogP contribution in [0.5, 0.6) is 0 Å². The second-order valence-electron chi connectivity index (χ2n) is 5.29. The largest absolute Gasteiger partial charge is 0.392 e. The normalized spacial score (nSPS) is 19.5. The van der Waals surface area contributed by atoms with Gasteiger partial charge in [0.25, 0.3) is 0 Å². The van der Waals surface area contributed by atoms with Crippen molar-refractivity contribution in [2.24, 2.45) is 5.92 Å². The number of hydrogen-bond donors (Lipinski definition) is 1. The number of aliphatic hydroxyl groups excluding tert-OH is 1. The summed E-state index contributed by atoms with van der Waals surface area (Å²) in [5, 5.41) is 10.1. The zero-order valence-corrected chi connectivity index (χ0v) is 11.1. The molecule has 0 amide bonds. The van der Waals surface area contributed by atoms with Gasteiger partial charge in [-0.15, -0.1) is 0 Å². The molecule has 1 aliphatic carbocycles. The van der Waals surface area contributed by atoms with Crippen LogP contribution in [0.25, 0.3) is 0 Å². The Labute approximate surface area is 101 Å². The van der Waals surface area contributed by atoms with E-state index in [4.69, 9.17) is 0 Å². The molecule has 0 bridgehead atoms. The molecule has 0 aromatic carbocycles. The number of likely N-dealkylation sites (N-methyl/N-ethyl adjacent to an activating group) is 1. The van der Waals surface area contributed by atoms with Crippen LogP contribution in [0, 0.1) is 5.92 Å². The van der Waals surface area contributed by atoms with Gasteiger partial charge >= 0.3 is 0 Å². The molecular formula is C14H29NO. The van der Waals surface area contributed by atoms with Gasteiger partial charge in [-0.2, -0.15) is 0 Å². The highest BCUT2D eigenvalue weighted by Gasteiger charge is 2.19. The first-order chi connectivity index (χ1) is 7.76. The summed E-state index contributed by atoms with van der Waals surface area (Å²) in [6.07, 6.45) is 8.88. The van der Waals surface area contributed by atoms with E-state index in [0.29, 0.717) is 0 Å². The molecule has 0 radical (unpaired) electrons. The number of nitrogens with zero attached hydrogens (tertiary/aromatic N) is 1. The van der Waals surface area contributed by atoms with E-state index >= 15 is 0 Å². The monoisotopic (exact) mass is 227 g/mol. The summed E-state index contributed by atoms with van der Waals surface area (Å²) in [7, 11) is 0. The number of unbranched alkanes of at least 4 members (excludes halogenated alkanes) is 1. The van der Waals surface area contributed by atoms with Crippen molar-refractivity contribution < 1.29 is 5.11 Å². The standard InChI is InChI=1S/C14H29NO/c1-3-5-10-15(4-2)12-14(16)11-13-8-6-7-9-13/h13-14,16H,3-12H2,1-2H3. The molecule has 0 saturated heterocycles. The maximum absolute atomic E-state index is 10.1. The Balaban J connectivity index is 2.16. The Kier molecular flexibility index (Phi) is 7.06. The van der Waals surface area contributed by atoms with E-state index in [1.807, 2.05) is 0 Å². The van der Waals surface area contributed by atoms with Crippen molar-refractivity contribution in [3.63, 3.8) is 0 Å². The van der Waals surface area contributed by atoms with E-state index in [1.54, 1.807) is 0 Å². The summed E-state index contributed by atoms with van der Waals surface area (Å²) in [5.74, 6) is 0.805. The molecule has 1 aliphatic rings. The topological polar surface area (TPSA) is 23.5 Å². The van der Waals surface area contributed by atoms with Crippen molar-refractivity contribution in [1.29, 1.82) is 0 Å². The maximum Gasteiger partial charge on any atom is 0.0669 e. The van der Waals surface area contributed by atoms with Crippen molar-refractivity contribution in [3.05, 3.63) is 0 Å². The third-order valence-electron chi connectivity index (χ3n) is 3.82. The van der Waals surface area contributed by atoms with Crippen LogP contribution < -0.4 is 0 Å². The fourth-order valence-electron chi connectivity index (χ4n) is 2.76. The van der Waals surface area contributed by atoms with Crippen LogP contribution >= 0.6 is 0 Å². The van der Waals surface area contributed by atoms with E-state index in [1.165, 1.54) is 38.5 Å². The highest BCUT2D eigenvalue weighted by atomic mass is 16.3. The molecule has 0 spiro atoms. The molecule has 2 heteroatoms. The Morgan fingerprint density at radius 2 is 1.94 bits per heavy atom. The molecule has 1 saturated carbocycles. The van der Waals surface area contributed by atoms with Gasteiger partial charge in [-0.05, 0) is 31.8 Å². The minimum Gasteiger partial charge on any atom is -0.392 e. The zero-order chi connectivity index (χ0) is 11.8. The lowest BCUT2D eigenvalue weighted by atomic mass is 10.00. The van der Waals surface area contributed by atoms with Gasteiger partial charge in [0.1, 0.15) is 0 Å². The smallest absolute Gasteiger partial charge is 0.0669 e. The lowest BCUT2D eigenvalue weighted by molar-refractivity contribution is 0.0927. The molecule has 0 heterocycles. The number of hydrogen-bond acceptors (Lipinski definition) is 2. The van der Waals surface area contributed by atoms with Gasteiger partial charge in [-0.1, -0.05) is 46.0 Å². The van der Waals surface area contributed by atoms with Crippen LogP contribution in [0.2, 0.25) is 0 Å².